The molecule has 1 aliphatic carbocycles. The predicted molar refractivity (Wildman–Crippen MR) is 123 cm³/mol. The molecule has 3 aromatic heterocycles. The zero-order valence-electron chi connectivity index (χ0n) is 18.6. The number of methoxy groups -OCH3 is 1. The summed E-state index contributed by atoms with van der Waals surface area (Å²) >= 11 is 0. The van der Waals surface area contributed by atoms with Crippen molar-refractivity contribution in [3.05, 3.63) is 42.9 Å². The smallest absolute Gasteiger partial charge is 0.221 e. The lowest BCUT2D eigenvalue weighted by atomic mass is 10.1. The van der Waals surface area contributed by atoms with E-state index in [-0.39, 0.29) is 0 Å². The van der Waals surface area contributed by atoms with E-state index in [1.54, 1.807) is 18.0 Å². The van der Waals surface area contributed by atoms with Gasteiger partial charge in [0.2, 0.25) is 5.88 Å². The zero-order valence-corrected chi connectivity index (χ0v) is 18.6. The molecule has 6 nitrogen and oxygen atoms in total. The van der Waals surface area contributed by atoms with Crippen molar-refractivity contribution in [2.75, 3.05) is 26.1 Å². The topological polar surface area (TPSA) is 56.1 Å². The van der Waals surface area contributed by atoms with Crippen molar-refractivity contribution in [2.24, 2.45) is 7.05 Å². The van der Waals surface area contributed by atoms with Crippen molar-refractivity contribution in [3.63, 3.8) is 0 Å². The molecule has 160 valence electrons. The largest absolute Gasteiger partial charge is 0.481 e. The number of aromatic nitrogens is 4. The van der Waals surface area contributed by atoms with Crippen LogP contribution in [0.5, 0.6) is 5.88 Å². The second-order valence-electron chi connectivity index (χ2n) is 7.93. The van der Waals surface area contributed by atoms with E-state index in [0.29, 0.717) is 5.88 Å². The first-order chi connectivity index (χ1) is 14.6. The minimum atomic E-state index is 0.576. The lowest BCUT2D eigenvalue weighted by Gasteiger charge is -2.12. The van der Waals surface area contributed by atoms with Crippen LogP contribution in [0.2, 0.25) is 0 Å². The van der Waals surface area contributed by atoms with E-state index in [4.69, 9.17) is 4.74 Å². The number of hydrogen-bond acceptors (Lipinski definition) is 5. The molecule has 0 aliphatic heterocycles. The standard InChI is InChI=1S/C17H19N5O.C7H14/c1-21(2)16-8-5-12(9-18-16)15-7-6-14(17(20-15)23-4)13-10-19-22(3)11-13;1-2-4-6-7-5-3-1/h5-11H,1-4H3;1-7H2. The fraction of sp³-hybridized carbons (Fsp3) is 0.458. The second kappa shape index (κ2) is 10.8. The Morgan fingerprint density at radius 1 is 0.867 bits per heavy atom. The molecule has 0 aromatic carbocycles. The Morgan fingerprint density at radius 3 is 2.00 bits per heavy atom. The number of aryl methyl sites for hydroxylation is 1. The highest BCUT2D eigenvalue weighted by molar-refractivity contribution is 5.71. The molecule has 0 amide bonds. The van der Waals surface area contributed by atoms with E-state index in [1.807, 2.05) is 62.7 Å². The summed E-state index contributed by atoms with van der Waals surface area (Å²) < 4.78 is 7.21. The Balaban J connectivity index is 0.000000310. The van der Waals surface area contributed by atoms with Crippen LogP contribution < -0.4 is 9.64 Å². The monoisotopic (exact) mass is 407 g/mol. The van der Waals surface area contributed by atoms with Crippen LogP contribution in [0.15, 0.2) is 42.9 Å². The molecule has 1 aliphatic rings. The maximum atomic E-state index is 5.46. The number of nitrogens with zero attached hydrogens (tertiary/aromatic N) is 5. The van der Waals surface area contributed by atoms with Gasteiger partial charge >= 0.3 is 0 Å². The average molecular weight is 408 g/mol. The zero-order chi connectivity index (χ0) is 21.3. The highest BCUT2D eigenvalue weighted by atomic mass is 16.5. The van der Waals surface area contributed by atoms with Gasteiger partial charge in [-0.05, 0) is 24.3 Å². The van der Waals surface area contributed by atoms with Crippen molar-refractivity contribution in [3.8, 4) is 28.3 Å². The summed E-state index contributed by atoms with van der Waals surface area (Å²) in [6, 6.07) is 7.95. The average Bonchev–Trinajstić information content (AvgIpc) is 3.00. The van der Waals surface area contributed by atoms with E-state index >= 15 is 0 Å². The van der Waals surface area contributed by atoms with Crippen molar-refractivity contribution in [2.45, 2.75) is 44.9 Å². The molecule has 0 unspecified atom stereocenters. The third kappa shape index (κ3) is 5.81. The normalized spacial score (nSPS) is 13.7. The summed E-state index contributed by atoms with van der Waals surface area (Å²) in [4.78, 5) is 11.0. The first kappa shape index (κ1) is 21.8. The minimum Gasteiger partial charge on any atom is -0.481 e. The van der Waals surface area contributed by atoms with Crippen molar-refractivity contribution >= 4 is 5.82 Å². The Kier molecular flexibility index (Phi) is 7.82. The third-order valence-electron chi connectivity index (χ3n) is 5.32. The summed E-state index contributed by atoms with van der Waals surface area (Å²) in [7, 11) is 7.44. The van der Waals surface area contributed by atoms with Crippen molar-refractivity contribution in [1.29, 1.82) is 0 Å². The van der Waals surface area contributed by atoms with E-state index in [0.717, 1.165) is 28.2 Å². The number of rotatable bonds is 4. The molecule has 1 fully saturated rings. The Hall–Kier alpha value is -2.89. The van der Waals surface area contributed by atoms with Gasteiger partial charge in [0.1, 0.15) is 5.82 Å². The van der Waals surface area contributed by atoms with E-state index in [2.05, 4.69) is 15.1 Å². The van der Waals surface area contributed by atoms with Crippen LogP contribution in [0, 0.1) is 0 Å². The van der Waals surface area contributed by atoms with Crippen LogP contribution in [0.4, 0.5) is 5.82 Å². The van der Waals surface area contributed by atoms with Crippen molar-refractivity contribution in [1.82, 2.24) is 19.7 Å². The Bertz CT molecular complexity index is 898. The molecule has 3 heterocycles. The number of pyridine rings is 2. The maximum absolute atomic E-state index is 5.46. The molecule has 0 spiro atoms. The number of hydrogen-bond donors (Lipinski definition) is 0. The van der Waals surface area contributed by atoms with Gasteiger partial charge in [0, 0.05) is 50.2 Å². The fourth-order valence-electron chi connectivity index (χ4n) is 3.58. The molecule has 0 radical (unpaired) electrons. The van der Waals surface area contributed by atoms with Crippen molar-refractivity contribution < 1.29 is 4.74 Å². The van der Waals surface area contributed by atoms with Gasteiger partial charge in [-0.2, -0.15) is 5.10 Å². The van der Waals surface area contributed by atoms with Gasteiger partial charge in [0.25, 0.3) is 0 Å². The Labute approximate surface area is 179 Å². The summed E-state index contributed by atoms with van der Waals surface area (Å²) in [5, 5.41) is 4.19. The first-order valence-electron chi connectivity index (χ1n) is 10.8. The van der Waals surface area contributed by atoms with Crippen LogP contribution in [-0.2, 0) is 7.05 Å². The minimum absolute atomic E-state index is 0.576. The Morgan fingerprint density at radius 2 is 1.53 bits per heavy atom. The number of anilines is 1. The maximum Gasteiger partial charge on any atom is 0.221 e. The van der Waals surface area contributed by atoms with Gasteiger partial charge in [-0.1, -0.05) is 44.9 Å². The molecule has 1 saturated carbocycles. The van der Waals surface area contributed by atoms with Crippen LogP contribution in [0.25, 0.3) is 22.4 Å². The van der Waals surface area contributed by atoms with Crippen LogP contribution in [0.3, 0.4) is 0 Å². The fourth-order valence-corrected chi connectivity index (χ4v) is 3.58. The highest BCUT2D eigenvalue weighted by Crippen LogP contribution is 2.30. The predicted octanol–water partition coefficient (Wildman–Crippen LogP) is 5.35. The molecular weight excluding hydrogens is 374 g/mol. The van der Waals surface area contributed by atoms with E-state index in [9.17, 15) is 0 Å². The molecule has 3 aromatic rings. The summed E-state index contributed by atoms with van der Waals surface area (Å²) in [6.45, 7) is 0. The van der Waals surface area contributed by atoms with E-state index < -0.39 is 0 Å². The molecule has 0 atom stereocenters. The van der Waals surface area contributed by atoms with Gasteiger partial charge < -0.3 is 9.64 Å². The van der Waals surface area contributed by atoms with Gasteiger partial charge in [-0.25, -0.2) is 9.97 Å². The summed E-state index contributed by atoms with van der Waals surface area (Å²) in [5.74, 6) is 1.49. The first-order valence-corrected chi connectivity index (χ1v) is 10.8. The molecule has 0 N–H and O–H groups in total. The van der Waals surface area contributed by atoms with Gasteiger partial charge in [-0.3, -0.25) is 4.68 Å². The second-order valence-corrected chi connectivity index (χ2v) is 7.93. The van der Waals surface area contributed by atoms with Crippen LogP contribution >= 0.6 is 0 Å². The molecule has 6 heteroatoms. The quantitative estimate of drug-likeness (QED) is 0.546. The summed E-state index contributed by atoms with van der Waals surface area (Å²) in [6.07, 6.45) is 16.1. The van der Waals surface area contributed by atoms with E-state index in [1.165, 1.54) is 44.9 Å². The van der Waals surface area contributed by atoms with Crippen LogP contribution in [-0.4, -0.2) is 41.0 Å². The third-order valence-corrected chi connectivity index (χ3v) is 5.32. The molecule has 0 bridgehead atoms. The molecule has 4 rings (SSSR count). The molecule has 30 heavy (non-hydrogen) atoms. The summed E-state index contributed by atoms with van der Waals surface area (Å²) in [5.41, 5.74) is 3.67. The van der Waals surface area contributed by atoms with Crippen LogP contribution in [0.1, 0.15) is 44.9 Å². The highest BCUT2D eigenvalue weighted by Gasteiger charge is 2.11. The van der Waals surface area contributed by atoms with Gasteiger partial charge in [0.15, 0.2) is 0 Å². The SMILES string of the molecule is C1CCCCCC1.COc1nc(-c2ccc(N(C)C)nc2)ccc1-c1cnn(C)c1. The lowest BCUT2D eigenvalue weighted by molar-refractivity contribution is 0.400. The van der Waals surface area contributed by atoms with Gasteiger partial charge in [-0.15, -0.1) is 0 Å². The molecular formula is C24H33N5O. The number of ether oxygens (including phenoxy) is 1. The molecule has 0 saturated heterocycles. The lowest BCUT2D eigenvalue weighted by Crippen LogP contribution is -2.10. The van der Waals surface area contributed by atoms with Gasteiger partial charge in [0.05, 0.1) is 19.0 Å².